The molecule has 0 bridgehead atoms. The highest BCUT2D eigenvalue weighted by atomic mass is 79.9. The number of hydrogen-bond donors (Lipinski definition) is 0. The molecule has 2 rings (SSSR count). The third kappa shape index (κ3) is 2.21. The largest absolute Gasteiger partial charge is 0.207 e. The van der Waals surface area contributed by atoms with E-state index in [1.807, 2.05) is 6.07 Å². The van der Waals surface area contributed by atoms with Crippen molar-refractivity contribution < 1.29 is 4.39 Å². The van der Waals surface area contributed by atoms with Crippen LogP contribution in [0.4, 0.5) is 4.39 Å². The van der Waals surface area contributed by atoms with Crippen molar-refractivity contribution in [1.29, 1.82) is 5.26 Å². The molecule has 78 valence electrons. The van der Waals surface area contributed by atoms with Crippen molar-refractivity contribution in [2.45, 2.75) is 25.7 Å². The molecule has 0 atom stereocenters. The fraction of sp³-hybridized carbons (Fsp3) is 0.417. The van der Waals surface area contributed by atoms with E-state index >= 15 is 0 Å². The fourth-order valence-electron chi connectivity index (χ4n) is 2.04. The molecule has 1 aliphatic rings. The average molecular weight is 268 g/mol. The zero-order valence-electron chi connectivity index (χ0n) is 8.26. The summed E-state index contributed by atoms with van der Waals surface area (Å²) in [6, 6.07) is 7.20. The Balaban J connectivity index is 2.21. The minimum atomic E-state index is -0.244. The Hall–Kier alpha value is -0.880. The molecule has 1 saturated carbocycles. The molecule has 0 N–H and O–H groups in total. The molecule has 0 spiro atoms. The molecule has 15 heavy (non-hydrogen) atoms. The fourth-order valence-corrected chi connectivity index (χ4v) is 2.55. The van der Waals surface area contributed by atoms with E-state index in [9.17, 15) is 4.39 Å². The first kappa shape index (κ1) is 10.6. The zero-order valence-corrected chi connectivity index (χ0v) is 9.85. The molecule has 0 heterocycles. The van der Waals surface area contributed by atoms with Gasteiger partial charge in [0.2, 0.25) is 0 Å². The van der Waals surface area contributed by atoms with Crippen LogP contribution in [0, 0.1) is 22.6 Å². The van der Waals surface area contributed by atoms with Crippen LogP contribution in [0.25, 0.3) is 0 Å². The maximum Gasteiger partial charge on any atom is 0.124 e. The van der Waals surface area contributed by atoms with Crippen molar-refractivity contribution in [2.75, 3.05) is 0 Å². The molecule has 0 unspecified atom stereocenters. The number of nitrogens with zero attached hydrogens (tertiary/aromatic N) is 1. The van der Waals surface area contributed by atoms with Gasteiger partial charge in [0.25, 0.3) is 0 Å². The highest BCUT2D eigenvalue weighted by Gasteiger charge is 2.37. The van der Waals surface area contributed by atoms with E-state index in [1.165, 1.54) is 12.1 Å². The van der Waals surface area contributed by atoms with Crippen LogP contribution in [-0.4, -0.2) is 0 Å². The van der Waals surface area contributed by atoms with Gasteiger partial charge in [-0.2, -0.15) is 5.26 Å². The molecule has 1 aliphatic carbocycles. The highest BCUT2D eigenvalue weighted by Crippen LogP contribution is 2.43. The third-order valence-corrected chi connectivity index (χ3v) is 3.47. The van der Waals surface area contributed by atoms with E-state index in [-0.39, 0.29) is 11.2 Å². The summed E-state index contributed by atoms with van der Waals surface area (Å²) in [5.74, 6) is -0.244. The predicted octanol–water partition coefficient (Wildman–Crippen LogP) is 3.82. The van der Waals surface area contributed by atoms with Gasteiger partial charge in [0.1, 0.15) is 5.82 Å². The van der Waals surface area contributed by atoms with Gasteiger partial charge in [-0.3, -0.25) is 0 Å². The first-order valence-corrected chi connectivity index (χ1v) is 5.79. The van der Waals surface area contributed by atoms with E-state index in [4.69, 9.17) is 5.26 Å². The lowest BCUT2D eigenvalue weighted by Gasteiger charge is -2.35. The lowest BCUT2D eigenvalue weighted by molar-refractivity contribution is 0.214. The lowest BCUT2D eigenvalue weighted by atomic mass is 9.66. The van der Waals surface area contributed by atoms with Gasteiger partial charge in [-0.25, -0.2) is 4.39 Å². The summed E-state index contributed by atoms with van der Waals surface area (Å²) in [6.45, 7) is 0. The second kappa shape index (κ2) is 3.94. The SMILES string of the molecule is N#CC1(Cc2cc(F)cc(Br)c2)CCC1. The molecule has 0 radical (unpaired) electrons. The van der Waals surface area contributed by atoms with Crippen LogP contribution in [0.1, 0.15) is 24.8 Å². The Kier molecular flexibility index (Phi) is 2.79. The van der Waals surface area contributed by atoms with E-state index in [0.717, 1.165) is 29.3 Å². The summed E-state index contributed by atoms with van der Waals surface area (Å²) >= 11 is 3.26. The number of nitriles is 1. The van der Waals surface area contributed by atoms with Gasteiger partial charge in [-0.05, 0) is 43.0 Å². The van der Waals surface area contributed by atoms with Crippen molar-refractivity contribution in [3.05, 3.63) is 34.1 Å². The molecular formula is C12H11BrFN. The predicted molar refractivity (Wildman–Crippen MR) is 59.7 cm³/mol. The van der Waals surface area contributed by atoms with Crippen molar-refractivity contribution >= 4 is 15.9 Å². The van der Waals surface area contributed by atoms with Gasteiger partial charge in [0.15, 0.2) is 0 Å². The number of rotatable bonds is 2. The Labute approximate surface area is 97.0 Å². The van der Waals surface area contributed by atoms with Crippen LogP contribution in [0.2, 0.25) is 0 Å². The average Bonchev–Trinajstić information content (AvgIpc) is 2.10. The number of hydrogen-bond acceptors (Lipinski definition) is 1. The van der Waals surface area contributed by atoms with Crippen molar-refractivity contribution in [2.24, 2.45) is 5.41 Å². The van der Waals surface area contributed by atoms with Crippen LogP contribution in [0.3, 0.4) is 0 Å². The van der Waals surface area contributed by atoms with Crippen LogP contribution in [-0.2, 0) is 6.42 Å². The topological polar surface area (TPSA) is 23.8 Å². The zero-order chi connectivity index (χ0) is 10.9. The van der Waals surface area contributed by atoms with Crippen molar-refractivity contribution in [3.63, 3.8) is 0 Å². The van der Waals surface area contributed by atoms with E-state index in [0.29, 0.717) is 6.42 Å². The Morgan fingerprint density at radius 2 is 2.13 bits per heavy atom. The maximum absolute atomic E-state index is 13.1. The molecule has 1 nitrogen and oxygen atoms in total. The second-order valence-corrected chi connectivity index (χ2v) is 5.12. The molecule has 0 amide bonds. The summed E-state index contributed by atoms with van der Waals surface area (Å²) in [6.07, 6.45) is 3.67. The molecule has 1 fully saturated rings. The third-order valence-electron chi connectivity index (χ3n) is 3.01. The number of halogens is 2. The standard InChI is InChI=1S/C12H11BrFN/c13-10-4-9(5-11(14)6-10)7-12(8-15)2-1-3-12/h4-6H,1-3,7H2. The first-order chi connectivity index (χ1) is 7.13. The summed E-state index contributed by atoms with van der Waals surface area (Å²) in [5, 5.41) is 9.08. The molecule has 1 aromatic carbocycles. The van der Waals surface area contributed by atoms with Crippen LogP contribution < -0.4 is 0 Å². The normalized spacial score (nSPS) is 17.9. The van der Waals surface area contributed by atoms with E-state index in [1.54, 1.807) is 0 Å². The maximum atomic E-state index is 13.1. The quantitative estimate of drug-likeness (QED) is 0.799. The second-order valence-electron chi connectivity index (χ2n) is 4.20. The Bertz CT molecular complexity index is 398. The van der Waals surface area contributed by atoms with Gasteiger partial charge in [-0.1, -0.05) is 22.4 Å². The van der Waals surface area contributed by atoms with Gasteiger partial charge in [-0.15, -0.1) is 0 Å². The van der Waals surface area contributed by atoms with Crippen molar-refractivity contribution in [1.82, 2.24) is 0 Å². The van der Waals surface area contributed by atoms with E-state index < -0.39 is 0 Å². The van der Waals surface area contributed by atoms with Crippen LogP contribution in [0.5, 0.6) is 0 Å². The van der Waals surface area contributed by atoms with Gasteiger partial charge in [0.05, 0.1) is 11.5 Å². The van der Waals surface area contributed by atoms with Crippen LogP contribution in [0.15, 0.2) is 22.7 Å². The summed E-state index contributed by atoms with van der Waals surface area (Å²) in [5.41, 5.74) is 0.677. The summed E-state index contributed by atoms with van der Waals surface area (Å²) < 4.78 is 13.9. The van der Waals surface area contributed by atoms with Crippen LogP contribution >= 0.6 is 15.9 Å². The molecule has 0 aliphatic heterocycles. The number of benzene rings is 1. The van der Waals surface area contributed by atoms with Crippen molar-refractivity contribution in [3.8, 4) is 6.07 Å². The van der Waals surface area contributed by atoms with Gasteiger partial charge >= 0.3 is 0 Å². The molecule has 3 heteroatoms. The lowest BCUT2D eigenvalue weighted by Crippen LogP contribution is -2.29. The van der Waals surface area contributed by atoms with E-state index in [2.05, 4.69) is 22.0 Å². The molecule has 0 saturated heterocycles. The Morgan fingerprint density at radius 1 is 1.40 bits per heavy atom. The highest BCUT2D eigenvalue weighted by molar-refractivity contribution is 9.10. The first-order valence-electron chi connectivity index (χ1n) is 5.00. The molecule has 0 aromatic heterocycles. The minimum Gasteiger partial charge on any atom is -0.207 e. The smallest absolute Gasteiger partial charge is 0.124 e. The van der Waals surface area contributed by atoms with Gasteiger partial charge in [0, 0.05) is 4.47 Å². The monoisotopic (exact) mass is 267 g/mol. The summed E-state index contributed by atoms with van der Waals surface area (Å²) in [4.78, 5) is 0. The molecular weight excluding hydrogens is 257 g/mol. The minimum absolute atomic E-state index is 0.229. The molecule has 1 aromatic rings. The summed E-state index contributed by atoms with van der Waals surface area (Å²) in [7, 11) is 0. The van der Waals surface area contributed by atoms with Gasteiger partial charge < -0.3 is 0 Å². The Morgan fingerprint density at radius 3 is 2.60 bits per heavy atom.